The van der Waals surface area contributed by atoms with E-state index in [1.807, 2.05) is 24.3 Å². The van der Waals surface area contributed by atoms with Crippen LogP contribution in [-0.4, -0.2) is 25.5 Å². The molecule has 19 heavy (non-hydrogen) atoms. The summed E-state index contributed by atoms with van der Waals surface area (Å²) in [4.78, 5) is 22.3. The first kappa shape index (κ1) is 14.8. The molecule has 0 unspecified atom stereocenters. The molecule has 4 nitrogen and oxygen atoms in total. The second-order valence-corrected chi connectivity index (χ2v) is 3.83. The molecule has 0 bridgehead atoms. The maximum atomic E-state index is 11.2. The van der Waals surface area contributed by atoms with Crippen LogP contribution in [0.25, 0.3) is 0 Å². The molecule has 0 saturated carbocycles. The van der Waals surface area contributed by atoms with E-state index in [0.717, 1.165) is 11.1 Å². The van der Waals surface area contributed by atoms with Gasteiger partial charge in [-0.3, -0.25) is 9.59 Å². The first-order valence-electron chi connectivity index (χ1n) is 6.09. The third-order valence-corrected chi connectivity index (χ3v) is 2.37. The Morgan fingerprint density at radius 1 is 1.26 bits per heavy atom. The molecule has 0 aliphatic rings. The molecule has 0 aromatic heterocycles. The maximum Gasteiger partial charge on any atom is 0.317 e. The van der Waals surface area contributed by atoms with Gasteiger partial charge in [0.1, 0.15) is 6.42 Å². The van der Waals surface area contributed by atoms with E-state index in [9.17, 15) is 9.59 Å². The smallest absolute Gasteiger partial charge is 0.317 e. The summed E-state index contributed by atoms with van der Waals surface area (Å²) in [6.07, 6.45) is 0.445. The molecule has 0 spiro atoms. The lowest BCUT2D eigenvalue weighted by atomic mass is 10.1. The van der Waals surface area contributed by atoms with E-state index in [0.29, 0.717) is 13.0 Å². The van der Waals surface area contributed by atoms with Crippen LogP contribution in [0.4, 0.5) is 0 Å². The van der Waals surface area contributed by atoms with Crippen LogP contribution in [0.1, 0.15) is 24.5 Å². The lowest BCUT2D eigenvalue weighted by molar-refractivity contribution is -0.141. The van der Waals surface area contributed by atoms with Crippen LogP contribution in [-0.2, 0) is 20.7 Å². The number of carbonyl (C=O) groups excluding carboxylic acids is 2. The van der Waals surface area contributed by atoms with E-state index in [1.165, 1.54) is 0 Å². The van der Waals surface area contributed by atoms with Gasteiger partial charge in [-0.05, 0) is 24.6 Å². The maximum absolute atomic E-state index is 11.2. The molecule has 0 radical (unpaired) electrons. The summed E-state index contributed by atoms with van der Waals surface area (Å²) in [6, 6.07) is 7.36. The number of amides is 1. The van der Waals surface area contributed by atoms with Crippen molar-refractivity contribution in [3.63, 3.8) is 0 Å². The van der Waals surface area contributed by atoms with Crippen LogP contribution in [0, 0.1) is 11.8 Å². The molecule has 0 atom stereocenters. The van der Waals surface area contributed by atoms with Gasteiger partial charge in [0.05, 0.1) is 13.0 Å². The molecule has 0 aliphatic carbocycles. The summed E-state index contributed by atoms with van der Waals surface area (Å²) in [5, 5.41) is 2.57. The molecule has 0 fully saturated rings. The monoisotopic (exact) mass is 259 g/mol. The van der Waals surface area contributed by atoms with Gasteiger partial charge >= 0.3 is 5.97 Å². The predicted octanol–water partition coefficient (Wildman–Crippen LogP) is 1.28. The Hall–Kier alpha value is -2.28. The molecule has 100 valence electrons. The van der Waals surface area contributed by atoms with Gasteiger partial charge in [-0.2, -0.15) is 0 Å². The van der Waals surface area contributed by atoms with Crippen molar-refractivity contribution in [3.8, 4) is 11.8 Å². The molecule has 1 amide bonds. The number of likely N-dealkylation sites (N-methyl/N-ethyl adjacent to an activating group) is 1. The average Bonchev–Trinajstić information content (AvgIpc) is 2.41. The number of carbonyl (C=O) groups is 2. The normalized spacial score (nSPS) is 9.16. The minimum absolute atomic E-state index is 0.0267. The number of hydrogen-bond acceptors (Lipinski definition) is 3. The Kier molecular flexibility index (Phi) is 6.17. The standard InChI is InChI=1S/C15H17NO3/c1-3-19-15(18)6-4-5-12-7-9-13(10-8-12)11-14(17)16-2/h7-10H,3,6,11H2,1-2H3,(H,16,17). The van der Waals surface area contributed by atoms with Gasteiger partial charge in [-0.1, -0.05) is 24.0 Å². The first-order chi connectivity index (χ1) is 9.15. The van der Waals surface area contributed by atoms with Crippen LogP contribution >= 0.6 is 0 Å². The third kappa shape index (κ3) is 5.73. The van der Waals surface area contributed by atoms with E-state index < -0.39 is 0 Å². The fraction of sp³-hybridized carbons (Fsp3) is 0.333. The fourth-order valence-electron chi connectivity index (χ4n) is 1.41. The number of nitrogens with one attached hydrogen (secondary N) is 1. The van der Waals surface area contributed by atoms with E-state index in [4.69, 9.17) is 4.74 Å². The Labute approximate surface area is 113 Å². The van der Waals surface area contributed by atoms with Crippen LogP contribution in [0.3, 0.4) is 0 Å². The van der Waals surface area contributed by atoms with Gasteiger partial charge in [0, 0.05) is 12.6 Å². The van der Waals surface area contributed by atoms with Crippen molar-refractivity contribution in [2.75, 3.05) is 13.7 Å². The van der Waals surface area contributed by atoms with E-state index >= 15 is 0 Å². The Bertz CT molecular complexity index is 494. The van der Waals surface area contributed by atoms with Gasteiger partial charge < -0.3 is 10.1 Å². The second kappa shape index (κ2) is 7.93. The van der Waals surface area contributed by atoms with Crippen molar-refractivity contribution >= 4 is 11.9 Å². The lowest BCUT2D eigenvalue weighted by Gasteiger charge is -2.00. The van der Waals surface area contributed by atoms with E-state index in [1.54, 1.807) is 14.0 Å². The molecule has 1 N–H and O–H groups in total. The summed E-state index contributed by atoms with van der Waals surface area (Å²) >= 11 is 0. The zero-order valence-corrected chi connectivity index (χ0v) is 11.2. The van der Waals surface area contributed by atoms with Crippen molar-refractivity contribution in [2.24, 2.45) is 0 Å². The van der Waals surface area contributed by atoms with Crippen molar-refractivity contribution < 1.29 is 14.3 Å². The zero-order valence-electron chi connectivity index (χ0n) is 11.2. The largest absolute Gasteiger partial charge is 0.465 e. The number of benzene rings is 1. The first-order valence-corrected chi connectivity index (χ1v) is 6.09. The SMILES string of the molecule is CCOC(=O)CC#Cc1ccc(CC(=O)NC)cc1. The van der Waals surface area contributed by atoms with Gasteiger partial charge in [-0.25, -0.2) is 0 Å². The third-order valence-electron chi connectivity index (χ3n) is 2.37. The van der Waals surface area contributed by atoms with Gasteiger partial charge in [-0.15, -0.1) is 0 Å². The van der Waals surface area contributed by atoms with E-state index in [2.05, 4.69) is 17.2 Å². The number of hydrogen-bond donors (Lipinski definition) is 1. The zero-order chi connectivity index (χ0) is 14.1. The molecule has 0 saturated heterocycles. The molecular formula is C15H17NO3. The lowest BCUT2D eigenvalue weighted by Crippen LogP contribution is -2.19. The summed E-state index contributed by atoms with van der Waals surface area (Å²) in [5.74, 6) is 5.29. The van der Waals surface area contributed by atoms with Crippen molar-refractivity contribution in [1.82, 2.24) is 5.32 Å². The van der Waals surface area contributed by atoms with Crippen LogP contribution in [0.15, 0.2) is 24.3 Å². The molecule has 1 rings (SSSR count). The number of esters is 1. The van der Waals surface area contributed by atoms with Gasteiger partial charge in [0.2, 0.25) is 5.91 Å². The highest BCUT2D eigenvalue weighted by Gasteiger charge is 2.00. The number of ether oxygens (including phenoxy) is 1. The second-order valence-electron chi connectivity index (χ2n) is 3.83. The quantitative estimate of drug-likeness (QED) is 0.654. The molecule has 0 heterocycles. The highest BCUT2D eigenvalue weighted by atomic mass is 16.5. The highest BCUT2D eigenvalue weighted by molar-refractivity contribution is 5.78. The van der Waals surface area contributed by atoms with Crippen molar-refractivity contribution in [2.45, 2.75) is 19.8 Å². The van der Waals surface area contributed by atoms with Crippen molar-refractivity contribution in [3.05, 3.63) is 35.4 Å². The summed E-state index contributed by atoms with van der Waals surface area (Å²) in [5.41, 5.74) is 1.74. The molecule has 0 aliphatic heterocycles. The Morgan fingerprint density at radius 3 is 2.53 bits per heavy atom. The molecule has 4 heteroatoms. The van der Waals surface area contributed by atoms with Gasteiger partial charge in [0.25, 0.3) is 0 Å². The predicted molar refractivity (Wildman–Crippen MR) is 72.3 cm³/mol. The van der Waals surface area contributed by atoms with Gasteiger partial charge in [0.15, 0.2) is 0 Å². The van der Waals surface area contributed by atoms with E-state index in [-0.39, 0.29) is 18.3 Å². The Morgan fingerprint density at radius 2 is 1.95 bits per heavy atom. The van der Waals surface area contributed by atoms with Crippen molar-refractivity contribution in [1.29, 1.82) is 0 Å². The summed E-state index contributed by atoms with van der Waals surface area (Å²) in [6.45, 7) is 2.13. The van der Waals surface area contributed by atoms with Crippen LogP contribution in [0.5, 0.6) is 0 Å². The molecule has 1 aromatic carbocycles. The highest BCUT2D eigenvalue weighted by Crippen LogP contribution is 2.04. The fourth-order valence-corrected chi connectivity index (χ4v) is 1.41. The van der Waals surface area contributed by atoms with Crippen LogP contribution < -0.4 is 5.32 Å². The summed E-state index contributed by atoms with van der Waals surface area (Å²) < 4.78 is 4.77. The number of rotatable bonds is 4. The summed E-state index contributed by atoms with van der Waals surface area (Å²) in [7, 11) is 1.61. The molecular weight excluding hydrogens is 242 g/mol. The van der Waals surface area contributed by atoms with Crippen LogP contribution in [0.2, 0.25) is 0 Å². The Balaban J connectivity index is 2.55. The topological polar surface area (TPSA) is 55.4 Å². The average molecular weight is 259 g/mol. The minimum atomic E-state index is -0.314. The molecule has 1 aromatic rings. The minimum Gasteiger partial charge on any atom is -0.465 e.